The number of rotatable bonds is 3. The summed E-state index contributed by atoms with van der Waals surface area (Å²) in [4.78, 5) is 14.3. The third kappa shape index (κ3) is 3.45. The van der Waals surface area contributed by atoms with Gasteiger partial charge in [-0.05, 0) is 36.7 Å². The lowest BCUT2D eigenvalue weighted by Gasteiger charge is -2.36. The Morgan fingerprint density at radius 1 is 1.36 bits per heavy atom. The van der Waals surface area contributed by atoms with Crippen molar-refractivity contribution < 1.29 is 4.79 Å². The Kier molecular flexibility index (Phi) is 4.41. The van der Waals surface area contributed by atoms with Crippen LogP contribution in [0.25, 0.3) is 0 Å². The molecule has 5 nitrogen and oxygen atoms in total. The molecule has 2 amide bonds. The van der Waals surface area contributed by atoms with E-state index in [4.69, 9.17) is 0 Å². The average molecular weight is 304 g/mol. The third-order valence-electron chi connectivity index (χ3n) is 5.50. The van der Waals surface area contributed by atoms with Crippen LogP contribution in [0.15, 0.2) is 18.5 Å². The maximum absolute atomic E-state index is 12.4. The second-order valence-electron chi connectivity index (χ2n) is 7.53. The van der Waals surface area contributed by atoms with Gasteiger partial charge in [-0.2, -0.15) is 5.10 Å². The zero-order valence-electron chi connectivity index (χ0n) is 13.8. The van der Waals surface area contributed by atoms with E-state index < -0.39 is 0 Å². The molecule has 0 aromatic carbocycles. The van der Waals surface area contributed by atoms with E-state index in [0.717, 1.165) is 32.0 Å². The molecule has 2 aliphatic rings. The maximum Gasteiger partial charge on any atom is 0.317 e. The number of hydrogen-bond acceptors (Lipinski definition) is 2. The lowest BCUT2D eigenvalue weighted by Crippen LogP contribution is -2.44. The summed E-state index contributed by atoms with van der Waals surface area (Å²) in [5.74, 6) is 0.845. The Labute approximate surface area is 133 Å². The van der Waals surface area contributed by atoms with Crippen molar-refractivity contribution in [3.63, 3.8) is 0 Å². The van der Waals surface area contributed by atoms with Gasteiger partial charge in [0.1, 0.15) is 0 Å². The minimum absolute atomic E-state index is 0.0921. The maximum atomic E-state index is 12.4. The normalized spacial score (nSPS) is 32.2. The average Bonchev–Trinajstić information content (AvgIpc) is 3.18. The van der Waals surface area contributed by atoms with Crippen molar-refractivity contribution in [3.05, 3.63) is 18.5 Å². The first-order valence-corrected chi connectivity index (χ1v) is 8.58. The highest BCUT2D eigenvalue weighted by Gasteiger charge is 2.32. The van der Waals surface area contributed by atoms with Crippen LogP contribution in [0, 0.1) is 11.3 Å². The molecule has 1 aromatic rings. The molecule has 22 heavy (non-hydrogen) atoms. The molecule has 2 heterocycles. The molecule has 1 aliphatic carbocycles. The molecule has 2 fully saturated rings. The van der Waals surface area contributed by atoms with Gasteiger partial charge in [-0.3, -0.25) is 4.68 Å². The lowest BCUT2D eigenvalue weighted by atomic mass is 9.72. The van der Waals surface area contributed by atoms with E-state index in [2.05, 4.69) is 24.3 Å². The third-order valence-corrected chi connectivity index (χ3v) is 5.50. The van der Waals surface area contributed by atoms with Gasteiger partial charge in [0.05, 0.1) is 6.04 Å². The van der Waals surface area contributed by atoms with Gasteiger partial charge in [0.2, 0.25) is 0 Å². The van der Waals surface area contributed by atoms with Gasteiger partial charge in [-0.15, -0.1) is 0 Å². The van der Waals surface area contributed by atoms with Crippen LogP contribution in [-0.4, -0.2) is 40.3 Å². The fraction of sp³-hybridized carbons (Fsp3) is 0.765. The molecule has 5 heteroatoms. The van der Waals surface area contributed by atoms with Crippen LogP contribution in [-0.2, 0) is 0 Å². The second kappa shape index (κ2) is 6.31. The minimum Gasteiger partial charge on any atom is -0.337 e. The van der Waals surface area contributed by atoms with E-state index in [0.29, 0.717) is 6.04 Å². The molecule has 1 saturated heterocycles. The number of nitrogens with one attached hydrogen (secondary N) is 1. The molecule has 3 rings (SSSR count). The molecular formula is C17H28N4O. The number of urea groups is 1. The zero-order chi connectivity index (χ0) is 15.6. The van der Waals surface area contributed by atoms with E-state index in [-0.39, 0.29) is 11.4 Å². The summed E-state index contributed by atoms with van der Waals surface area (Å²) in [6.07, 6.45) is 9.80. The van der Waals surface area contributed by atoms with E-state index >= 15 is 0 Å². The topological polar surface area (TPSA) is 50.2 Å². The highest BCUT2D eigenvalue weighted by Crippen LogP contribution is 2.37. The summed E-state index contributed by atoms with van der Waals surface area (Å²) in [6.45, 7) is 7.04. The van der Waals surface area contributed by atoms with Gasteiger partial charge in [0.15, 0.2) is 0 Å². The van der Waals surface area contributed by atoms with Crippen molar-refractivity contribution in [1.82, 2.24) is 20.0 Å². The number of amides is 2. The molecule has 0 bridgehead atoms. The summed E-state index contributed by atoms with van der Waals surface area (Å²) in [6, 6.07) is 2.36. The van der Waals surface area contributed by atoms with Crippen LogP contribution < -0.4 is 5.32 Å². The number of hydrogen-bond donors (Lipinski definition) is 1. The standard InChI is InChI=1S/C17H28N4O/c1-14-4-7-17(2,8-5-14)13-18-16(22)20-11-6-15(12-20)21-10-3-9-19-21/h3,9-10,14-15H,4-8,11-13H2,1-2H3,(H,18,22). The molecule has 0 radical (unpaired) electrons. The Hall–Kier alpha value is -1.52. The van der Waals surface area contributed by atoms with E-state index in [1.807, 2.05) is 21.8 Å². The van der Waals surface area contributed by atoms with Gasteiger partial charge in [0.25, 0.3) is 0 Å². The summed E-state index contributed by atoms with van der Waals surface area (Å²) in [5.41, 5.74) is 0.281. The van der Waals surface area contributed by atoms with Gasteiger partial charge in [0, 0.05) is 32.0 Å². The van der Waals surface area contributed by atoms with E-state index in [9.17, 15) is 4.79 Å². The SMILES string of the molecule is CC1CCC(C)(CNC(=O)N2CCC(n3cccn3)C2)CC1. The number of carbonyl (C=O) groups is 1. The van der Waals surface area contributed by atoms with Gasteiger partial charge in [-0.1, -0.05) is 26.7 Å². The van der Waals surface area contributed by atoms with Gasteiger partial charge in [-0.25, -0.2) is 4.79 Å². The molecular weight excluding hydrogens is 276 g/mol. The summed E-state index contributed by atoms with van der Waals surface area (Å²) < 4.78 is 1.97. The minimum atomic E-state index is 0.0921. The van der Waals surface area contributed by atoms with Crippen LogP contribution in [0.2, 0.25) is 0 Å². The summed E-state index contributed by atoms with van der Waals surface area (Å²) >= 11 is 0. The predicted octanol–water partition coefficient (Wildman–Crippen LogP) is 3.06. The number of carbonyl (C=O) groups excluding carboxylic acids is 1. The van der Waals surface area contributed by atoms with Gasteiger partial charge < -0.3 is 10.2 Å². The van der Waals surface area contributed by atoms with Crippen molar-refractivity contribution in [1.29, 1.82) is 0 Å². The first-order valence-electron chi connectivity index (χ1n) is 8.58. The Morgan fingerprint density at radius 2 is 2.14 bits per heavy atom. The van der Waals surface area contributed by atoms with Crippen LogP contribution in [0.4, 0.5) is 4.79 Å². The van der Waals surface area contributed by atoms with Crippen molar-refractivity contribution in [2.75, 3.05) is 19.6 Å². The fourth-order valence-corrected chi connectivity index (χ4v) is 3.68. The van der Waals surface area contributed by atoms with Crippen LogP contribution in [0.3, 0.4) is 0 Å². The van der Waals surface area contributed by atoms with E-state index in [1.165, 1.54) is 25.7 Å². The first kappa shape index (κ1) is 15.4. The smallest absolute Gasteiger partial charge is 0.317 e. The number of likely N-dealkylation sites (tertiary alicyclic amines) is 1. The largest absolute Gasteiger partial charge is 0.337 e. The predicted molar refractivity (Wildman–Crippen MR) is 86.6 cm³/mol. The van der Waals surface area contributed by atoms with Crippen LogP contribution in [0.5, 0.6) is 0 Å². The lowest BCUT2D eigenvalue weighted by molar-refractivity contribution is 0.162. The second-order valence-corrected chi connectivity index (χ2v) is 7.53. The summed E-state index contributed by atoms with van der Waals surface area (Å²) in [5, 5.41) is 7.46. The molecule has 1 aromatic heterocycles. The molecule has 1 unspecified atom stereocenters. The molecule has 122 valence electrons. The summed E-state index contributed by atoms with van der Waals surface area (Å²) in [7, 11) is 0. The Bertz CT molecular complexity index is 491. The van der Waals surface area contributed by atoms with E-state index in [1.54, 1.807) is 6.20 Å². The van der Waals surface area contributed by atoms with Crippen molar-refractivity contribution in [3.8, 4) is 0 Å². The fourth-order valence-electron chi connectivity index (χ4n) is 3.68. The zero-order valence-corrected chi connectivity index (χ0v) is 13.8. The molecule has 0 spiro atoms. The highest BCUT2D eigenvalue weighted by atomic mass is 16.2. The molecule has 1 atom stereocenters. The van der Waals surface area contributed by atoms with Crippen LogP contribution >= 0.6 is 0 Å². The highest BCUT2D eigenvalue weighted by molar-refractivity contribution is 5.74. The number of aromatic nitrogens is 2. The van der Waals surface area contributed by atoms with Crippen LogP contribution in [0.1, 0.15) is 52.0 Å². The Morgan fingerprint density at radius 3 is 2.82 bits per heavy atom. The number of nitrogens with zero attached hydrogens (tertiary/aromatic N) is 3. The molecule has 1 saturated carbocycles. The van der Waals surface area contributed by atoms with Crippen molar-refractivity contribution >= 4 is 6.03 Å². The van der Waals surface area contributed by atoms with Crippen molar-refractivity contribution in [2.24, 2.45) is 11.3 Å². The monoisotopic (exact) mass is 304 g/mol. The quantitative estimate of drug-likeness (QED) is 0.933. The molecule has 1 aliphatic heterocycles. The molecule has 1 N–H and O–H groups in total. The van der Waals surface area contributed by atoms with Crippen molar-refractivity contribution in [2.45, 2.75) is 52.0 Å². The van der Waals surface area contributed by atoms with Gasteiger partial charge >= 0.3 is 6.03 Å². The Balaban J connectivity index is 1.47. The first-order chi connectivity index (χ1) is 10.6.